The van der Waals surface area contributed by atoms with Crippen molar-refractivity contribution in [1.82, 2.24) is 15.1 Å². The summed E-state index contributed by atoms with van der Waals surface area (Å²) in [6.07, 6.45) is 4.02. The highest BCUT2D eigenvalue weighted by molar-refractivity contribution is 5.80. The number of hydrogen-bond donors (Lipinski definition) is 1. The maximum atomic E-state index is 13.2. The van der Waals surface area contributed by atoms with Crippen LogP contribution in [0.5, 0.6) is 0 Å². The molecule has 0 bridgehead atoms. The Morgan fingerprint density at radius 2 is 1.92 bits per heavy atom. The second kappa shape index (κ2) is 9.33. The maximum Gasteiger partial charge on any atom is 0.193 e. The number of rotatable bonds is 4. The van der Waals surface area contributed by atoms with Crippen LogP contribution in [0.1, 0.15) is 37.9 Å². The number of ether oxygens (including phenoxy) is 1. The Balaban J connectivity index is 1.55. The van der Waals surface area contributed by atoms with Crippen LogP contribution < -0.4 is 5.32 Å². The topological polar surface area (TPSA) is 40.1 Å². The lowest BCUT2D eigenvalue weighted by Crippen LogP contribution is -2.51. The SMILES string of the molecule is CN=C(NCCN1CCCCC1)N1CC(C)OC(c2ccc(F)cc2)C1. The van der Waals surface area contributed by atoms with Crippen molar-refractivity contribution in [2.75, 3.05) is 46.3 Å². The molecule has 3 rings (SSSR count). The van der Waals surface area contributed by atoms with Gasteiger partial charge >= 0.3 is 0 Å². The fraction of sp³-hybridized carbons (Fsp3) is 0.650. The largest absolute Gasteiger partial charge is 0.367 e. The lowest BCUT2D eigenvalue weighted by atomic mass is 10.1. The zero-order chi connectivity index (χ0) is 18.4. The molecule has 1 aromatic carbocycles. The van der Waals surface area contributed by atoms with Crippen LogP contribution in [-0.4, -0.2) is 68.2 Å². The van der Waals surface area contributed by atoms with E-state index in [-0.39, 0.29) is 18.0 Å². The van der Waals surface area contributed by atoms with Gasteiger partial charge in [-0.05, 0) is 50.6 Å². The molecule has 5 nitrogen and oxygen atoms in total. The second-order valence-corrected chi connectivity index (χ2v) is 7.27. The first-order valence-corrected chi connectivity index (χ1v) is 9.74. The van der Waals surface area contributed by atoms with Crippen molar-refractivity contribution in [1.29, 1.82) is 0 Å². The van der Waals surface area contributed by atoms with E-state index in [1.54, 1.807) is 0 Å². The minimum absolute atomic E-state index is 0.0694. The second-order valence-electron chi connectivity index (χ2n) is 7.27. The Morgan fingerprint density at radius 3 is 2.62 bits per heavy atom. The summed E-state index contributed by atoms with van der Waals surface area (Å²) >= 11 is 0. The Bertz CT molecular complexity index is 586. The molecule has 2 atom stereocenters. The van der Waals surface area contributed by atoms with Crippen LogP contribution in [0.2, 0.25) is 0 Å². The maximum absolute atomic E-state index is 13.2. The van der Waals surface area contributed by atoms with E-state index in [9.17, 15) is 4.39 Å². The molecule has 2 fully saturated rings. The predicted molar refractivity (Wildman–Crippen MR) is 103 cm³/mol. The fourth-order valence-electron chi connectivity index (χ4n) is 3.83. The van der Waals surface area contributed by atoms with Gasteiger partial charge in [-0.3, -0.25) is 4.99 Å². The molecule has 26 heavy (non-hydrogen) atoms. The van der Waals surface area contributed by atoms with E-state index in [1.165, 1.54) is 44.5 Å². The Hall–Kier alpha value is -1.66. The number of piperidine rings is 1. The molecule has 0 aliphatic carbocycles. The monoisotopic (exact) mass is 362 g/mol. The van der Waals surface area contributed by atoms with Crippen LogP contribution in [-0.2, 0) is 4.74 Å². The highest BCUT2D eigenvalue weighted by atomic mass is 19.1. The van der Waals surface area contributed by atoms with E-state index in [0.717, 1.165) is 37.7 Å². The molecule has 2 heterocycles. The Labute approximate surface area is 156 Å². The van der Waals surface area contributed by atoms with Crippen LogP contribution in [0.25, 0.3) is 0 Å². The van der Waals surface area contributed by atoms with Gasteiger partial charge in [0.2, 0.25) is 0 Å². The smallest absolute Gasteiger partial charge is 0.193 e. The van der Waals surface area contributed by atoms with Crippen molar-refractivity contribution in [2.24, 2.45) is 4.99 Å². The number of aliphatic imine (C=N–C) groups is 1. The number of benzene rings is 1. The lowest BCUT2D eigenvalue weighted by Gasteiger charge is -2.39. The summed E-state index contributed by atoms with van der Waals surface area (Å²) in [6, 6.07) is 6.60. The third-order valence-corrected chi connectivity index (χ3v) is 5.17. The normalized spacial score (nSPS) is 25.3. The number of halogens is 1. The summed E-state index contributed by atoms with van der Waals surface area (Å²) in [5, 5.41) is 3.51. The number of guanidine groups is 1. The molecule has 6 heteroatoms. The first-order valence-electron chi connectivity index (χ1n) is 9.74. The Kier molecular flexibility index (Phi) is 6.86. The molecule has 0 aromatic heterocycles. The van der Waals surface area contributed by atoms with Crippen molar-refractivity contribution in [2.45, 2.75) is 38.4 Å². The molecular weight excluding hydrogens is 331 g/mol. The molecule has 2 unspecified atom stereocenters. The molecule has 2 saturated heterocycles. The van der Waals surface area contributed by atoms with E-state index in [1.807, 2.05) is 19.2 Å². The molecule has 2 aliphatic heterocycles. The summed E-state index contributed by atoms with van der Waals surface area (Å²) in [6.45, 7) is 7.98. The average Bonchev–Trinajstić information content (AvgIpc) is 2.66. The van der Waals surface area contributed by atoms with Gasteiger partial charge in [0.1, 0.15) is 11.9 Å². The van der Waals surface area contributed by atoms with Gasteiger partial charge in [-0.2, -0.15) is 0 Å². The minimum Gasteiger partial charge on any atom is -0.367 e. The van der Waals surface area contributed by atoms with Crippen molar-refractivity contribution in [3.8, 4) is 0 Å². The van der Waals surface area contributed by atoms with Gasteiger partial charge in [-0.1, -0.05) is 18.6 Å². The molecule has 0 amide bonds. The molecule has 2 aliphatic rings. The first kappa shape index (κ1) is 19.1. The minimum atomic E-state index is -0.218. The van der Waals surface area contributed by atoms with Gasteiger partial charge in [0.15, 0.2) is 5.96 Å². The van der Waals surface area contributed by atoms with Gasteiger partial charge in [0.25, 0.3) is 0 Å². The van der Waals surface area contributed by atoms with E-state index >= 15 is 0 Å². The van der Waals surface area contributed by atoms with Crippen molar-refractivity contribution < 1.29 is 9.13 Å². The highest BCUT2D eigenvalue weighted by Gasteiger charge is 2.28. The quantitative estimate of drug-likeness (QED) is 0.660. The molecule has 1 N–H and O–H groups in total. The summed E-state index contributed by atoms with van der Waals surface area (Å²) in [4.78, 5) is 9.24. The summed E-state index contributed by atoms with van der Waals surface area (Å²) in [7, 11) is 1.83. The van der Waals surface area contributed by atoms with Crippen LogP contribution >= 0.6 is 0 Å². The van der Waals surface area contributed by atoms with E-state index in [4.69, 9.17) is 4.74 Å². The van der Waals surface area contributed by atoms with E-state index in [0.29, 0.717) is 0 Å². The first-order chi connectivity index (χ1) is 12.7. The molecule has 1 aromatic rings. The van der Waals surface area contributed by atoms with Crippen LogP contribution in [0.15, 0.2) is 29.3 Å². The Morgan fingerprint density at radius 1 is 1.19 bits per heavy atom. The molecular formula is C20H31FN4O. The number of hydrogen-bond acceptors (Lipinski definition) is 3. The van der Waals surface area contributed by atoms with Gasteiger partial charge < -0.3 is 19.9 Å². The zero-order valence-corrected chi connectivity index (χ0v) is 16.0. The van der Waals surface area contributed by atoms with E-state index in [2.05, 4.69) is 27.0 Å². The predicted octanol–water partition coefficient (Wildman–Crippen LogP) is 2.65. The van der Waals surface area contributed by atoms with Crippen molar-refractivity contribution >= 4 is 5.96 Å². The van der Waals surface area contributed by atoms with E-state index < -0.39 is 0 Å². The molecule has 0 radical (unpaired) electrons. The average molecular weight is 362 g/mol. The number of likely N-dealkylation sites (tertiary alicyclic amines) is 1. The third-order valence-electron chi connectivity index (χ3n) is 5.17. The zero-order valence-electron chi connectivity index (χ0n) is 16.0. The van der Waals surface area contributed by atoms with Crippen LogP contribution in [0, 0.1) is 5.82 Å². The van der Waals surface area contributed by atoms with Gasteiger partial charge in [-0.15, -0.1) is 0 Å². The molecule has 0 saturated carbocycles. The van der Waals surface area contributed by atoms with Crippen molar-refractivity contribution in [3.63, 3.8) is 0 Å². The molecule has 144 valence electrons. The van der Waals surface area contributed by atoms with Gasteiger partial charge in [-0.25, -0.2) is 4.39 Å². The standard InChI is InChI=1S/C20H31FN4O/c1-16-14-25(15-19(26-16)17-6-8-18(21)9-7-17)20(22-2)23-10-13-24-11-4-3-5-12-24/h6-9,16,19H,3-5,10-15H2,1-2H3,(H,22,23). The highest BCUT2D eigenvalue weighted by Crippen LogP contribution is 2.25. The van der Waals surface area contributed by atoms with Gasteiger partial charge in [0.05, 0.1) is 12.6 Å². The summed E-state index contributed by atoms with van der Waals surface area (Å²) < 4.78 is 19.3. The van der Waals surface area contributed by atoms with Gasteiger partial charge in [0, 0.05) is 26.7 Å². The summed E-state index contributed by atoms with van der Waals surface area (Å²) in [5.41, 5.74) is 1.01. The lowest BCUT2D eigenvalue weighted by molar-refractivity contribution is -0.0605. The van der Waals surface area contributed by atoms with Crippen molar-refractivity contribution in [3.05, 3.63) is 35.6 Å². The van der Waals surface area contributed by atoms with Crippen LogP contribution in [0.4, 0.5) is 4.39 Å². The fourth-order valence-corrected chi connectivity index (χ4v) is 3.83. The number of morpholine rings is 1. The van der Waals surface area contributed by atoms with Crippen LogP contribution in [0.3, 0.4) is 0 Å². The summed E-state index contributed by atoms with van der Waals surface area (Å²) in [5.74, 6) is 0.703. The number of nitrogens with one attached hydrogen (secondary N) is 1. The third kappa shape index (κ3) is 5.17. The molecule has 0 spiro atoms. The number of nitrogens with zero attached hydrogens (tertiary/aromatic N) is 3.